The van der Waals surface area contributed by atoms with Gasteiger partial charge in [-0.3, -0.25) is 0 Å². The molecule has 106 valence electrons. The molecule has 0 aliphatic heterocycles. The number of ether oxygens (including phenoxy) is 1. The Kier molecular flexibility index (Phi) is 5.79. The van der Waals surface area contributed by atoms with E-state index in [4.69, 9.17) is 4.74 Å². The van der Waals surface area contributed by atoms with Crippen LogP contribution < -0.4 is 5.32 Å². The van der Waals surface area contributed by atoms with E-state index in [0.29, 0.717) is 0 Å². The zero-order valence-electron chi connectivity index (χ0n) is 11.9. The molecule has 19 heavy (non-hydrogen) atoms. The largest absolute Gasteiger partial charge is 0.389 e. The lowest BCUT2D eigenvalue weighted by atomic mass is 10.1. The third kappa shape index (κ3) is 5.28. The van der Waals surface area contributed by atoms with Crippen molar-refractivity contribution in [2.75, 3.05) is 32.6 Å². The molecule has 0 fully saturated rings. The molecular weight excluding hydrogens is 244 g/mol. The maximum Gasteiger partial charge on any atom is 0.321 e. The van der Waals surface area contributed by atoms with Gasteiger partial charge < -0.3 is 20.1 Å². The number of aryl methyl sites for hydroxylation is 2. The summed E-state index contributed by atoms with van der Waals surface area (Å²) in [6.45, 7) is 4.40. The first kappa shape index (κ1) is 15.5. The standard InChI is InChI=1S/C14H22N2O3/c1-10-5-11(2)7-12(6-10)15-14(18)16(3)8-13(17)9-19-4/h5-7,13,17H,8-9H2,1-4H3,(H,15,18). The molecule has 1 aromatic carbocycles. The number of aliphatic hydroxyl groups excluding tert-OH is 1. The van der Waals surface area contributed by atoms with Crippen LogP contribution in [0.4, 0.5) is 10.5 Å². The van der Waals surface area contributed by atoms with Gasteiger partial charge in [0, 0.05) is 19.8 Å². The van der Waals surface area contributed by atoms with Gasteiger partial charge in [-0.2, -0.15) is 0 Å². The van der Waals surface area contributed by atoms with Crippen LogP contribution in [0.5, 0.6) is 0 Å². The fraction of sp³-hybridized carbons (Fsp3) is 0.500. The average Bonchev–Trinajstić information content (AvgIpc) is 2.27. The SMILES string of the molecule is COCC(O)CN(C)C(=O)Nc1cc(C)cc(C)c1. The summed E-state index contributed by atoms with van der Waals surface area (Å²) in [6, 6.07) is 5.61. The van der Waals surface area contributed by atoms with Crippen LogP contribution >= 0.6 is 0 Å². The van der Waals surface area contributed by atoms with Gasteiger partial charge in [0.2, 0.25) is 0 Å². The number of urea groups is 1. The van der Waals surface area contributed by atoms with Gasteiger partial charge in [0.05, 0.1) is 19.3 Å². The van der Waals surface area contributed by atoms with Gasteiger partial charge in [-0.1, -0.05) is 6.07 Å². The Morgan fingerprint density at radius 3 is 2.47 bits per heavy atom. The Labute approximate surface area is 114 Å². The number of likely N-dealkylation sites (N-methyl/N-ethyl adjacent to an activating group) is 1. The van der Waals surface area contributed by atoms with Crippen molar-refractivity contribution < 1.29 is 14.6 Å². The van der Waals surface area contributed by atoms with Gasteiger partial charge >= 0.3 is 6.03 Å². The highest BCUT2D eigenvalue weighted by molar-refractivity contribution is 5.89. The van der Waals surface area contributed by atoms with E-state index >= 15 is 0 Å². The second-order valence-corrected chi connectivity index (χ2v) is 4.80. The number of benzene rings is 1. The lowest BCUT2D eigenvalue weighted by Gasteiger charge is -2.21. The monoisotopic (exact) mass is 266 g/mol. The van der Waals surface area contributed by atoms with Gasteiger partial charge in [0.1, 0.15) is 0 Å². The van der Waals surface area contributed by atoms with Crippen molar-refractivity contribution in [3.05, 3.63) is 29.3 Å². The summed E-state index contributed by atoms with van der Waals surface area (Å²) >= 11 is 0. The molecule has 5 heteroatoms. The smallest absolute Gasteiger partial charge is 0.321 e. The molecule has 1 atom stereocenters. The van der Waals surface area contributed by atoms with Crippen LogP contribution in [-0.4, -0.2) is 49.5 Å². The number of aliphatic hydroxyl groups is 1. The van der Waals surface area contributed by atoms with Crippen molar-refractivity contribution in [3.63, 3.8) is 0 Å². The van der Waals surface area contributed by atoms with E-state index in [9.17, 15) is 9.90 Å². The van der Waals surface area contributed by atoms with Gasteiger partial charge in [-0.15, -0.1) is 0 Å². The van der Waals surface area contributed by atoms with Gasteiger partial charge in [0.25, 0.3) is 0 Å². The van der Waals surface area contributed by atoms with E-state index in [1.807, 2.05) is 32.0 Å². The molecule has 2 amide bonds. The number of nitrogens with one attached hydrogen (secondary N) is 1. The zero-order valence-corrected chi connectivity index (χ0v) is 11.9. The first-order valence-electron chi connectivity index (χ1n) is 6.19. The van der Waals surface area contributed by atoms with E-state index in [1.54, 1.807) is 7.05 Å². The molecular formula is C14H22N2O3. The summed E-state index contributed by atoms with van der Waals surface area (Å²) in [5.41, 5.74) is 2.95. The molecule has 1 aromatic rings. The summed E-state index contributed by atoms with van der Waals surface area (Å²) < 4.78 is 4.83. The van der Waals surface area contributed by atoms with Crippen molar-refractivity contribution in [1.82, 2.24) is 4.90 Å². The third-order valence-electron chi connectivity index (χ3n) is 2.66. The Hall–Kier alpha value is -1.59. The first-order chi connectivity index (χ1) is 8.92. The summed E-state index contributed by atoms with van der Waals surface area (Å²) in [7, 11) is 3.15. The fourth-order valence-electron chi connectivity index (χ4n) is 1.91. The number of hydrogen-bond donors (Lipinski definition) is 2. The van der Waals surface area contributed by atoms with Crippen molar-refractivity contribution in [2.24, 2.45) is 0 Å². The van der Waals surface area contributed by atoms with E-state index in [0.717, 1.165) is 16.8 Å². The minimum Gasteiger partial charge on any atom is -0.389 e. The Bertz CT molecular complexity index is 414. The molecule has 0 radical (unpaired) electrons. The van der Waals surface area contributed by atoms with Crippen molar-refractivity contribution in [2.45, 2.75) is 20.0 Å². The van der Waals surface area contributed by atoms with Crippen molar-refractivity contribution in [3.8, 4) is 0 Å². The van der Waals surface area contributed by atoms with E-state index in [-0.39, 0.29) is 19.2 Å². The first-order valence-corrected chi connectivity index (χ1v) is 6.19. The average molecular weight is 266 g/mol. The molecule has 5 nitrogen and oxygen atoms in total. The minimum atomic E-state index is -0.681. The molecule has 0 saturated carbocycles. The number of hydrogen-bond acceptors (Lipinski definition) is 3. The van der Waals surface area contributed by atoms with E-state index < -0.39 is 6.10 Å². The molecule has 0 saturated heterocycles. The van der Waals surface area contributed by atoms with E-state index in [2.05, 4.69) is 5.32 Å². The number of anilines is 1. The predicted molar refractivity (Wildman–Crippen MR) is 75.4 cm³/mol. The topological polar surface area (TPSA) is 61.8 Å². The van der Waals surface area contributed by atoms with Crippen LogP contribution in [0.25, 0.3) is 0 Å². The Morgan fingerprint density at radius 2 is 1.95 bits per heavy atom. The van der Waals surface area contributed by atoms with Crippen LogP contribution in [0.1, 0.15) is 11.1 Å². The van der Waals surface area contributed by atoms with Crippen molar-refractivity contribution >= 4 is 11.7 Å². The van der Waals surface area contributed by atoms with Crippen LogP contribution in [0.15, 0.2) is 18.2 Å². The molecule has 1 rings (SSSR count). The summed E-state index contributed by atoms with van der Waals surface area (Å²) in [4.78, 5) is 13.4. The molecule has 0 heterocycles. The fourth-order valence-corrected chi connectivity index (χ4v) is 1.91. The lowest BCUT2D eigenvalue weighted by molar-refractivity contribution is 0.0501. The highest BCUT2D eigenvalue weighted by Crippen LogP contribution is 2.14. The Morgan fingerprint density at radius 1 is 1.37 bits per heavy atom. The predicted octanol–water partition coefficient (Wildman–Crippen LogP) is 1.77. The van der Waals surface area contributed by atoms with Crippen LogP contribution in [0.2, 0.25) is 0 Å². The summed E-state index contributed by atoms with van der Waals surface area (Å²) in [5, 5.41) is 12.4. The number of nitrogens with zero attached hydrogens (tertiary/aromatic N) is 1. The summed E-state index contributed by atoms with van der Waals surface area (Å²) in [5.74, 6) is 0. The zero-order chi connectivity index (χ0) is 14.4. The molecule has 2 N–H and O–H groups in total. The number of carbonyl (C=O) groups excluding carboxylic acids is 1. The highest BCUT2D eigenvalue weighted by atomic mass is 16.5. The quantitative estimate of drug-likeness (QED) is 0.854. The molecule has 0 aliphatic rings. The van der Waals surface area contributed by atoms with Gasteiger partial charge in [0.15, 0.2) is 0 Å². The van der Waals surface area contributed by atoms with Crippen molar-refractivity contribution in [1.29, 1.82) is 0 Å². The second-order valence-electron chi connectivity index (χ2n) is 4.80. The Balaban J connectivity index is 2.58. The summed E-state index contributed by atoms with van der Waals surface area (Å²) in [6.07, 6.45) is -0.681. The van der Waals surface area contributed by atoms with Gasteiger partial charge in [-0.05, 0) is 37.1 Å². The van der Waals surface area contributed by atoms with E-state index in [1.165, 1.54) is 12.0 Å². The maximum atomic E-state index is 11.9. The maximum absolute atomic E-state index is 11.9. The normalized spacial score (nSPS) is 12.1. The third-order valence-corrected chi connectivity index (χ3v) is 2.66. The number of rotatable bonds is 5. The number of methoxy groups -OCH3 is 1. The molecule has 0 aliphatic carbocycles. The minimum absolute atomic E-state index is 0.209. The number of amides is 2. The molecule has 1 unspecified atom stereocenters. The van der Waals surface area contributed by atoms with Crippen LogP contribution in [0, 0.1) is 13.8 Å². The highest BCUT2D eigenvalue weighted by Gasteiger charge is 2.13. The van der Waals surface area contributed by atoms with Gasteiger partial charge in [-0.25, -0.2) is 4.79 Å². The molecule has 0 spiro atoms. The molecule has 0 aromatic heterocycles. The number of carbonyl (C=O) groups is 1. The van der Waals surface area contributed by atoms with Crippen LogP contribution in [-0.2, 0) is 4.74 Å². The van der Waals surface area contributed by atoms with Crippen LogP contribution in [0.3, 0.4) is 0 Å². The second kappa shape index (κ2) is 7.11. The molecule has 0 bridgehead atoms. The lowest BCUT2D eigenvalue weighted by Crippen LogP contribution is -2.38.